The highest BCUT2D eigenvalue weighted by Gasteiger charge is 2.32. The number of thiophene rings is 1. The fourth-order valence-corrected chi connectivity index (χ4v) is 4.60. The third kappa shape index (κ3) is 6.57. The third-order valence-corrected chi connectivity index (χ3v) is 6.69. The van der Waals surface area contributed by atoms with Gasteiger partial charge in [-0.15, -0.1) is 11.3 Å². The number of nitrogens with one attached hydrogen (secondary N) is 2. The van der Waals surface area contributed by atoms with E-state index in [9.17, 15) is 27.6 Å². The summed E-state index contributed by atoms with van der Waals surface area (Å²) in [7, 11) is 0. The molecule has 1 aromatic heterocycles. The Hall–Kier alpha value is -3.08. The van der Waals surface area contributed by atoms with Gasteiger partial charge in [-0.2, -0.15) is 13.2 Å². The van der Waals surface area contributed by atoms with Gasteiger partial charge in [-0.3, -0.25) is 9.59 Å². The number of carbonyl (C=O) groups is 3. The number of ether oxygens (including phenoxy) is 1. The first kappa shape index (κ1) is 27.5. The first-order valence-corrected chi connectivity index (χ1v) is 12.0. The summed E-state index contributed by atoms with van der Waals surface area (Å²) < 4.78 is 44.3. The van der Waals surface area contributed by atoms with E-state index >= 15 is 0 Å². The highest BCUT2D eigenvalue weighted by molar-refractivity contribution is 7.19. The van der Waals surface area contributed by atoms with Crippen molar-refractivity contribution in [3.8, 4) is 0 Å². The predicted octanol–water partition coefficient (Wildman–Crippen LogP) is 6.99. The first-order valence-electron chi connectivity index (χ1n) is 10.4. The molecular weight excluding hydrogens is 540 g/mol. The van der Waals surface area contributed by atoms with E-state index in [0.717, 1.165) is 23.5 Å². The van der Waals surface area contributed by atoms with Crippen LogP contribution in [0.25, 0.3) is 0 Å². The van der Waals surface area contributed by atoms with Gasteiger partial charge in [0.05, 0.1) is 39.7 Å². The SMILES string of the molecule is CCOC(=O)c1c(NC(=O)Cc2ccc(Cl)cc2)sc(C(=O)Nc2cc(C(F)(F)F)ccc2Cl)c1C. The molecule has 6 nitrogen and oxygen atoms in total. The number of benzene rings is 2. The molecular formula is C24H19Cl2F3N2O4S. The van der Waals surface area contributed by atoms with E-state index in [1.54, 1.807) is 31.2 Å². The van der Waals surface area contributed by atoms with Crippen LogP contribution in [0, 0.1) is 6.92 Å². The quantitative estimate of drug-likeness (QED) is 0.306. The molecule has 1 heterocycles. The van der Waals surface area contributed by atoms with Gasteiger partial charge < -0.3 is 15.4 Å². The molecule has 2 aromatic carbocycles. The zero-order valence-corrected chi connectivity index (χ0v) is 21.2. The van der Waals surface area contributed by atoms with Crippen molar-refractivity contribution in [1.29, 1.82) is 0 Å². The van der Waals surface area contributed by atoms with Gasteiger partial charge in [0.15, 0.2) is 0 Å². The van der Waals surface area contributed by atoms with Gasteiger partial charge in [-0.05, 0) is 55.3 Å². The molecule has 0 saturated carbocycles. The zero-order chi connectivity index (χ0) is 26.6. The van der Waals surface area contributed by atoms with Crippen LogP contribution in [0.5, 0.6) is 0 Å². The molecule has 0 fully saturated rings. The largest absolute Gasteiger partial charge is 0.462 e. The summed E-state index contributed by atoms with van der Waals surface area (Å²) in [6, 6.07) is 9.13. The average molecular weight is 559 g/mol. The van der Waals surface area contributed by atoms with Crippen LogP contribution >= 0.6 is 34.5 Å². The molecule has 3 aromatic rings. The molecule has 0 saturated heterocycles. The maximum Gasteiger partial charge on any atom is 0.416 e. The highest BCUT2D eigenvalue weighted by Crippen LogP contribution is 2.37. The van der Waals surface area contributed by atoms with Crippen molar-refractivity contribution in [2.24, 2.45) is 0 Å². The van der Waals surface area contributed by atoms with Crippen LogP contribution in [0.2, 0.25) is 10.0 Å². The second-order valence-corrected chi connectivity index (χ2v) is 9.34. The van der Waals surface area contributed by atoms with E-state index in [2.05, 4.69) is 10.6 Å². The lowest BCUT2D eigenvalue weighted by molar-refractivity contribution is -0.137. The molecule has 0 aliphatic rings. The molecule has 0 spiro atoms. The van der Waals surface area contributed by atoms with Crippen molar-refractivity contribution in [1.82, 2.24) is 0 Å². The normalized spacial score (nSPS) is 11.2. The number of alkyl halides is 3. The van der Waals surface area contributed by atoms with Crippen LogP contribution in [-0.4, -0.2) is 24.4 Å². The number of halogens is 5. The third-order valence-electron chi connectivity index (χ3n) is 4.91. The summed E-state index contributed by atoms with van der Waals surface area (Å²) in [5.41, 5.74) is -0.407. The minimum Gasteiger partial charge on any atom is -0.462 e. The van der Waals surface area contributed by atoms with Gasteiger partial charge in [0.2, 0.25) is 5.91 Å². The first-order chi connectivity index (χ1) is 16.9. The van der Waals surface area contributed by atoms with Crippen molar-refractivity contribution in [2.75, 3.05) is 17.2 Å². The molecule has 0 aliphatic heterocycles. The molecule has 0 atom stereocenters. The molecule has 190 valence electrons. The second kappa shape index (κ2) is 11.3. The van der Waals surface area contributed by atoms with E-state index in [1.165, 1.54) is 6.92 Å². The Morgan fingerprint density at radius 2 is 1.69 bits per heavy atom. The summed E-state index contributed by atoms with van der Waals surface area (Å²) >= 11 is 12.6. The smallest absolute Gasteiger partial charge is 0.416 e. The Labute approximate surface area is 218 Å². The summed E-state index contributed by atoms with van der Waals surface area (Å²) in [5.74, 6) is -2.02. The molecule has 36 heavy (non-hydrogen) atoms. The minimum absolute atomic E-state index is 0.00618. The van der Waals surface area contributed by atoms with Crippen LogP contribution in [0.15, 0.2) is 42.5 Å². The fourth-order valence-electron chi connectivity index (χ4n) is 3.20. The van der Waals surface area contributed by atoms with Gasteiger partial charge in [0, 0.05) is 5.02 Å². The summed E-state index contributed by atoms with van der Waals surface area (Å²) in [6.07, 6.45) is -4.67. The topological polar surface area (TPSA) is 84.5 Å². The summed E-state index contributed by atoms with van der Waals surface area (Å²) in [4.78, 5) is 38.2. The van der Waals surface area contributed by atoms with Gasteiger partial charge in [0.1, 0.15) is 5.00 Å². The predicted molar refractivity (Wildman–Crippen MR) is 133 cm³/mol. The van der Waals surface area contributed by atoms with E-state index < -0.39 is 29.5 Å². The summed E-state index contributed by atoms with van der Waals surface area (Å²) in [5, 5.41) is 5.45. The van der Waals surface area contributed by atoms with Crippen molar-refractivity contribution < 1.29 is 32.3 Å². The highest BCUT2D eigenvalue weighted by atomic mass is 35.5. The Bertz CT molecular complexity index is 1310. The molecule has 0 radical (unpaired) electrons. The molecule has 2 amide bonds. The number of hydrogen-bond donors (Lipinski definition) is 2. The van der Waals surface area contributed by atoms with Crippen LogP contribution in [0.1, 0.15) is 43.6 Å². The number of carbonyl (C=O) groups excluding carboxylic acids is 3. The van der Waals surface area contributed by atoms with Gasteiger partial charge in [-0.1, -0.05) is 35.3 Å². The monoisotopic (exact) mass is 558 g/mol. The molecule has 3 rings (SSSR count). The standard InChI is InChI=1S/C24H19Cl2F3N2O4S/c1-3-35-23(34)19-12(2)20(21(33)30-17-11-14(24(27,28)29)6-9-16(17)26)36-22(19)31-18(32)10-13-4-7-15(25)8-5-13/h4-9,11H,3,10H2,1-2H3,(H,30,33)(H,31,32). The molecule has 0 bridgehead atoms. The molecule has 0 aliphatic carbocycles. The van der Waals surface area contributed by atoms with Gasteiger partial charge in [0.25, 0.3) is 5.91 Å². The van der Waals surface area contributed by atoms with E-state index in [1.807, 2.05) is 0 Å². The summed E-state index contributed by atoms with van der Waals surface area (Å²) in [6.45, 7) is 3.12. The number of anilines is 2. The van der Waals surface area contributed by atoms with Crippen molar-refractivity contribution in [3.05, 3.63) is 79.6 Å². The number of amides is 2. The van der Waals surface area contributed by atoms with E-state index in [4.69, 9.17) is 27.9 Å². The Morgan fingerprint density at radius 3 is 2.31 bits per heavy atom. The van der Waals surface area contributed by atoms with Gasteiger partial charge >= 0.3 is 12.1 Å². The van der Waals surface area contributed by atoms with Crippen LogP contribution < -0.4 is 10.6 Å². The number of rotatable bonds is 7. The number of esters is 1. The Kier molecular flexibility index (Phi) is 8.65. The lowest BCUT2D eigenvalue weighted by Gasteiger charge is -2.11. The minimum atomic E-state index is -4.64. The van der Waals surface area contributed by atoms with Crippen LogP contribution in [0.4, 0.5) is 23.9 Å². The lowest BCUT2D eigenvalue weighted by Crippen LogP contribution is -2.16. The van der Waals surface area contributed by atoms with Gasteiger partial charge in [-0.25, -0.2) is 4.79 Å². The molecule has 2 N–H and O–H groups in total. The number of hydrogen-bond acceptors (Lipinski definition) is 5. The van der Waals surface area contributed by atoms with E-state index in [0.29, 0.717) is 16.7 Å². The van der Waals surface area contributed by atoms with Crippen molar-refractivity contribution in [2.45, 2.75) is 26.4 Å². The van der Waals surface area contributed by atoms with Crippen LogP contribution in [-0.2, 0) is 22.1 Å². The lowest BCUT2D eigenvalue weighted by atomic mass is 10.1. The Balaban J connectivity index is 1.91. The van der Waals surface area contributed by atoms with Crippen LogP contribution in [0.3, 0.4) is 0 Å². The molecule has 12 heteroatoms. The zero-order valence-electron chi connectivity index (χ0n) is 18.9. The second-order valence-electron chi connectivity index (χ2n) is 7.48. The Morgan fingerprint density at radius 1 is 1.03 bits per heavy atom. The van der Waals surface area contributed by atoms with Crippen molar-refractivity contribution >= 4 is 63.0 Å². The maximum atomic E-state index is 13.1. The fraction of sp³-hybridized carbons (Fsp3) is 0.208. The van der Waals surface area contributed by atoms with E-state index in [-0.39, 0.29) is 44.7 Å². The maximum absolute atomic E-state index is 13.1. The van der Waals surface area contributed by atoms with Crippen molar-refractivity contribution in [3.63, 3.8) is 0 Å². The average Bonchev–Trinajstić information content (AvgIpc) is 3.11. The molecule has 0 unspecified atom stereocenters.